The van der Waals surface area contributed by atoms with Crippen LogP contribution in [0.5, 0.6) is 0 Å². The van der Waals surface area contributed by atoms with Crippen LogP contribution in [-0.2, 0) is 0 Å². The highest BCUT2D eigenvalue weighted by molar-refractivity contribution is 6.12. The SMILES string of the molecule is c1ccc(C2=NC(c3ccc4ccccc4c3)NC(c3cc(-c4ccc5ccccc5c4)cc4oc5cc6ccncc6cc5c34)N2)cc1. The number of furan rings is 1. The van der Waals surface area contributed by atoms with Gasteiger partial charge < -0.3 is 9.73 Å². The van der Waals surface area contributed by atoms with Gasteiger partial charge >= 0.3 is 0 Å². The summed E-state index contributed by atoms with van der Waals surface area (Å²) < 4.78 is 6.71. The summed E-state index contributed by atoms with van der Waals surface area (Å²) in [4.78, 5) is 9.67. The second kappa shape index (κ2) is 11.2. The Labute approximate surface area is 282 Å². The van der Waals surface area contributed by atoms with Gasteiger partial charge in [-0.3, -0.25) is 10.3 Å². The van der Waals surface area contributed by atoms with E-state index in [1.54, 1.807) is 0 Å². The molecule has 0 fully saturated rings. The van der Waals surface area contributed by atoms with Crippen LogP contribution in [0, 0.1) is 0 Å². The van der Waals surface area contributed by atoms with Crippen molar-refractivity contribution >= 4 is 60.1 Å². The van der Waals surface area contributed by atoms with E-state index in [2.05, 4.69) is 149 Å². The van der Waals surface area contributed by atoms with Crippen LogP contribution in [0.4, 0.5) is 0 Å². The molecule has 5 heteroatoms. The summed E-state index contributed by atoms with van der Waals surface area (Å²) in [6.07, 6.45) is 3.18. The first-order valence-electron chi connectivity index (χ1n) is 16.6. The Bertz CT molecular complexity index is 2750. The van der Waals surface area contributed by atoms with Crippen molar-refractivity contribution in [2.75, 3.05) is 0 Å². The summed E-state index contributed by atoms with van der Waals surface area (Å²) in [5.41, 5.74) is 7.16. The highest BCUT2D eigenvalue weighted by Crippen LogP contribution is 2.40. The van der Waals surface area contributed by atoms with Gasteiger partial charge in [0.15, 0.2) is 0 Å². The Hall–Kier alpha value is -6.30. The minimum Gasteiger partial charge on any atom is -0.456 e. The van der Waals surface area contributed by atoms with Gasteiger partial charge in [-0.05, 0) is 86.1 Å². The molecule has 2 unspecified atom stereocenters. The molecule has 0 saturated heterocycles. The second-order valence-electron chi connectivity index (χ2n) is 12.8. The summed E-state index contributed by atoms with van der Waals surface area (Å²) >= 11 is 0. The lowest BCUT2D eigenvalue weighted by Gasteiger charge is -2.33. The van der Waals surface area contributed by atoms with Crippen LogP contribution in [0.2, 0.25) is 0 Å². The normalized spacial score (nSPS) is 16.4. The molecule has 0 bridgehead atoms. The molecule has 9 aromatic rings. The van der Waals surface area contributed by atoms with Crippen molar-refractivity contribution in [3.8, 4) is 11.1 Å². The molecule has 5 nitrogen and oxygen atoms in total. The lowest BCUT2D eigenvalue weighted by atomic mass is 9.94. The van der Waals surface area contributed by atoms with Gasteiger partial charge in [-0.25, -0.2) is 4.99 Å². The fourth-order valence-corrected chi connectivity index (χ4v) is 7.29. The van der Waals surface area contributed by atoms with E-state index in [0.29, 0.717) is 0 Å². The third kappa shape index (κ3) is 4.83. The number of nitrogens with zero attached hydrogens (tertiary/aromatic N) is 2. The molecule has 2 atom stereocenters. The molecule has 2 aromatic heterocycles. The molecule has 0 aliphatic carbocycles. The highest BCUT2D eigenvalue weighted by Gasteiger charge is 2.29. The van der Waals surface area contributed by atoms with Crippen LogP contribution in [0.3, 0.4) is 0 Å². The van der Waals surface area contributed by atoms with Gasteiger partial charge in [0.1, 0.15) is 29.3 Å². The van der Waals surface area contributed by atoms with Crippen molar-refractivity contribution in [2.24, 2.45) is 4.99 Å². The van der Waals surface area contributed by atoms with Crippen LogP contribution in [0.1, 0.15) is 29.0 Å². The fraction of sp³-hybridized carbons (Fsp3) is 0.0455. The smallest absolute Gasteiger partial charge is 0.136 e. The molecule has 1 aliphatic heterocycles. The molecule has 10 rings (SSSR count). The van der Waals surface area contributed by atoms with Gasteiger partial charge in [0, 0.05) is 39.7 Å². The lowest BCUT2D eigenvalue weighted by Crippen LogP contribution is -2.45. The standard InChI is InChI=1S/C44H30N4O/c1-2-10-29(11-3-1)42-46-43(34-17-15-28-9-5-7-13-31(28)21-34)48-44(47-42)38-22-35(32-16-14-27-8-4-6-12-30(27)20-32)25-40-41(38)37-23-36-26-45-19-18-33(36)24-39(37)49-40/h1-26,43-44,48H,(H,46,47). The van der Waals surface area contributed by atoms with Gasteiger partial charge in [0.2, 0.25) is 0 Å². The fourth-order valence-electron chi connectivity index (χ4n) is 7.29. The number of aliphatic imine (C=N–C) groups is 1. The molecule has 0 radical (unpaired) electrons. The zero-order valence-corrected chi connectivity index (χ0v) is 26.5. The summed E-state index contributed by atoms with van der Waals surface area (Å²) in [6, 6.07) is 51.5. The first kappa shape index (κ1) is 27.8. The minimum absolute atomic E-state index is 0.280. The number of aromatic nitrogens is 1. The lowest BCUT2D eigenvalue weighted by molar-refractivity contribution is 0.411. The Balaban J connectivity index is 1.20. The molecule has 3 heterocycles. The maximum atomic E-state index is 6.71. The third-order valence-electron chi connectivity index (χ3n) is 9.76. The monoisotopic (exact) mass is 630 g/mol. The number of rotatable bonds is 4. The quantitative estimate of drug-likeness (QED) is 0.203. The van der Waals surface area contributed by atoms with Crippen LogP contribution in [0.15, 0.2) is 167 Å². The summed E-state index contributed by atoms with van der Waals surface area (Å²) in [6.45, 7) is 0. The van der Waals surface area contributed by atoms with Crippen molar-refractivity contribution in [1.29, 1.82) is 0 Å². The summed E-state index contributed by atoms with van der Waals surface area (Å²) in [5, 5.41) is 16.8. The molecular weight excluding hydrogens is 601 g/mol. The van der Waals surface area contributed by atoms with E-state index < -0.39 is 0 Å². The number of benzene rings is 7. The Morgan fingerprint density at radius 1 is 0.531 bits per heavy atom. The molecule has 2 N–H and O–H groups in total. The highest BCUT2D eigenvalue weighted by atomic mass is 16.3. The number of amidine groups is 1. The van der Waals surface area contributed by atoms with E-state index in [9.17, 15) is 0 Å². The summed E-state index contributed by atoms with van der Waals surface area (Å²) in [5.74, 6) is 0.842. The molecule has 0 spiro atoms. The van der Waals surface area contributed by atoms with Gasteiger partial charge in [-0.15, -0.1) is 0 Å². The van der Waals surface area contributed by atoms with E-state index >= 15 is 0 Å². The average molecular weight is 631 g/mol. The molecule has 0 amide bonds. The maximum absolute atomic E-state index is 6.71. The minimum atomic E-state index is -0.284. The van der Waals surface area contributed by atoms with Crippen molar-refractivity contribution < 1.29 is 4.42 Å². The van der Waals surface area contributed by atoms with Crippen LogP contribution < -0.4 is 10.6 Å². The van der Waals surface area contributed by atoms with Crippen molar-refractivity contribution in [2.45, 2.75) is 12.3 Å². The van der Waals surface area contributed by atoms with E-state index in [-0.39, 0.29) is 12.3 Å². The van der Waals surface area contributed by atoms with E-state index in [1.165, 1.54) is 21.5 Å². The zero-order valence-electron chi connectivity index (χ0n) is 26.5. The van der Waals surface area contributed by atoms with E-state index in [1.807, 2.05) is 24.5 Å². The summed E-state index contributed by atoms with van der Waals surface area (Å²) in [7, 11) is 0. The zero-order chi connectivity index (χ0) is 32.3. The number of hydrogen-bond donors (Lipinski definition) is 2. The van der Waals surface area contributed by atoms with Crippen molar-refractivity contribution in [1.82, 2.24) is 15.6 Å². The topological polar surface area (TPSA) is 62.5 Å². The second-order valence-corrected chi connectivity index (χ2v) is 12.8. The Kier molecular flexibility index (Phi) is 6.32. The van der Waals surface area contributed by atoms with Crippen LogP contribution in [0.25, 0.3) is 65.4 Å². The molecule has 49 heavy (non-hydrogen) atoms. The van der Waals surface area contributed by atoms with E-state index in [0.717, 1.165) is 66.4 Å². The average Bonchev–Trinajstić information content (AvgIpc) is 3.53. The number of nitrogens with one attached hydrogen (secondary N) is 2. The predicted octanol–water partition coefficient (Wildman–Crippen LogP) is 10.4. The van der Waals surface area contributed by atoms with Crippen molar-refractivity contribution in [3.05, 3.63) is 175 Å². The molecule has 232 valence electrons. The maximum Gasteiger partial charge on any atom is 0.136 e. The first-order chi connectivity index (χ1) is 24.2. The van der Waals surface area contributed by atoms with Gasteiger partial charge in [0.25, 0.3) is 0 Å². The van der Waals surface area contributed by atoms with Crippen LogP contribution in [-0.4, -0.2) is 10.8 Å². The number of fused-ring (bicyclic) bond motifs is 6. The predicted molar refractivity (Wildman–Crippen MR) is 201 cm³/mol. The first-order valence-corrected chi connectivity index (χ1v) is 16.6. The molecular formula is C44H30N4O. The number of pyridine rings is 1. The molecule has 1 aliphatic rings. The van der Waals surface area contributed by atoms with Crippen LogP contribution >= 0.6 is 0 Å². The van der Waals surface area contributed by atoms with Gasteiger partial charge in [0.05, 0.1) is 0 Å². The third-order valence-corrected chi connectivity index (χ3v) is 9.76. The van der Waals surface area contributed by atoms with Gasteiger partial charge in [-0.1, -0.05) is 103 Å². The Morgan fingerprint density at radius 2 is 1.27 bits per heavy atom. The van der Waals surface area contributed by atoms with Gasteiger partial charge in [-0.2, -0.15) is 0 Å². The number of hydrogen-bond acceptors (Lipinski definition) is 5. The Morgan fingerprint density at radius 3 is 2.10 bits per heavy atom. The molecule has 0 saturated carbocycles. The van der Waals surface area contributed by atoms with E-state index in [4.69, 9.17) is 9.41 Å². The largest absolute Gasteiger partial charge is 0.456 e. The molecule has 7 aromatic carbocycles. The van der Waals surface area contributed by atoms with Crippen molar-refractivity contribution in [3.63, 3.8) is 0 Å².